The Bertz CT molecular complexity index is 838. The quantitative estimate of drug-likeness (QED) is 0.554. The van der Waals surface area contributed by atoms with Gasteiger partial charge < -0.3 is 14.8 Å². The molecule has 2 unspecified atom stereocenters. The van der Waals surface area contributed by atoms with Crippen LogP contribution in [0.4, 0.5) is 4.39 Å². The monoisotopic (exact) mass is 405 g/mol. The molecule has 4 rings (SSSR count). The highest BCUT2D eigenvalue weighted by atomic mass is 19.1. The normalized spacial score (nSPS) is 19.1. The number of hydrogen-bond donors (Lipinski definition) is 1. The minimum absolute atomic E-state index is 0.0923. The zero-order chi connectivity index (χ0) is 20.6. The van der Waals surface area contributed by atoms with E-state index in [0.717, 1.165) is 36.1 Å². The van der Waals surface area contributed by atoms with Crippen LogP contribution in [0.15, 0.2) is 84.9 Å². The van der Waals surface area contributed by atoms with Crippen LogP contribution in [0.1, 0.15) is 35.6 Å². The Morgan fingerprint density at radius 2 is 1.50 bits per heavy atom. The van der Waals surface area contributed by atoms with Gasteiger partial charge in [0.05, 0.1) is 19.3 Å². The second-order valence-corrected chi connectivity index (χ2v) is 7.77. The molecule has 0 bridgehead atoms. The van der Waals surface area contributed by atoms with Crippen molar-refractivity contribution in [2.75, 3.05) is 13.2 Å². The molecule has 2 atom stereocenters. The molecular formula is C26H28FNO2. The Kier molecular flexibility index (Phi) is 7.25. The number of ether oxygens (including phenoxy) is 2. The Balaban J connectivity index is 1.27. The third kappa shape index (κ3) is 5.76. The van der Waals surface area contributed by atoms with Gasteiger partial charge in [0.15, 0.2) is 0 Å². The molecule has 1 fully saturated rings. The summed E-state index contributed by atoms with van der Waals surface area (Å²) in [5.74, 6) is -0.202. The lowest BCUT2D eigenvalue weighted by molar-refractivity contribution is -0.0650. The van der Waals surface area contributed by atoms with Crippen molar-refractivity contribution in [1.29, 1.82) is 0 Å². The van der Waals surface area contributed by atoms with Crippen molar-refractivity contribution >= 4 is 0 Å². The lowest BCUT2D eigenvalue weighted by Crippen LogP contribution is -2.40. The fourth-order valence-electron chi connectivity index (χ4n) is 3.81. The van der Waals surface area contributed by atoms with Gasteiger partial charge in [-0.15, -0.1) is 0 Å². The van der Waals surface area contributed by atoms with Gasteiger partial charge in [-0.1, -0.05) is 72.8 Å². The third-order valence-electron chi connectivity index (χ3n) is 5.53. The fourth-order valence-corrected chi connectivity index (χ4v) is 3.81. The van der Waals surface area contributed by atoms with E-state index in [1.54, 1.807) is 0 Å². The molecule has 1 heterocycles. The largest absolute Gasteiger partial charge is 0.374 e. The summed E-state index contributed by atoms with van der Waals surface area (Å²) < 4.78 is 25.4. The fraction of sp³-hybridized carbons (Fsp3) is 0.308. The molecule has 1 saturated heterocycles. The Hall–Kier alpha value is -2.53. The van der Waals surface area contributed by atoms with E-state index in [0.29, 0.717) is 19.3 Å². The van der Waals surface area contributed by atoms with Gasteiger partial charge in [0, 0.05) is 12.6 Å². The van der Waals surface area contributed by atoms with Crippen molar-refractivity contribution in [1.82, 2.24) is 5.32 Å². The highest BCUT2D eigenvalue weighted by Crippen LogP contribution is 2.27. The summed E-state index contributed by atoms with van der Waals surface area (Å²) in [5.41, 5.74) is 3.38. The van der Waals surface area contributed by atoms with Crippen LogP contribution in [-0.4, -0.2) is 25.4 Å². The maximum Gasteiger partial charge on any atom is 0.123 e. The Morgan fingerprint density at radius 1 is 0.867 bits per heavy atom. The highest BCUT2D eigenvalue weighted by Gasteiger charge is 2.23. The molecule has 1 N–H and O–H groups in total. The first kappa shape index (κ1) is 20.7. The summed E-state index contributed by atoms with van der Waals surface area (Å²) >= 11 is 0. The molecule has 30 heavy (non-hydrogen) atoms. The summed E-state index contributed by atoms with van der Waals surface area (Å²) in [4.78, 5) is 0. The molecule has 0 aromatic heterocycles. The zero-order valence-electron chi connectivity index (χ0n) is 17.0. The molecule has 4 heteroatoms. The number of hydrogen-bond acceptors (Lipinski definition) is 3. The number of nitrogens with one attached hydrogen (secondary N) is 1. The molecule has 0 amide bonds. The van der Waals surface area contributed by atoms with Crippen LogP contribution in [0.5, 0.6) is 0 Å². The topological polar surface area (TPSA) is 30.5 Å². The molecule has 3 aromatic rings. The molecule has 0 saturated carbocycles. The first-order valence-corrected chi connectivity index (χ1v) is 10.6. The summed E-state index contributed by atoms with van der Waals surface area (Å²) in [6.45, 7) is 1.95. The second-order valence-electron chi connectivity index (χ2n) is 7.77. The van der Waals surface area contributed by atoms with Crippen LogP contribution in [0, 0.1) is 5.82 Å². The number of halogens is 1. The van der Waals surface area contributed by atoms with Gasteiger partial charge >= 0.3 is 0 Å². The van der Waals surface area contributed by atoms with Crippen LogP contribution in [0.3, 0.4) is 0 Å². The smallest absolute Gasteiger partial charge is 0.123 e. The summed E-state index contributed by atoms with van der Waals surface area (Å²) in [6, 6.07) is 27.6. The average Bonchev–Trinajstić information content (AvgIpc) is 2.81. The van der Waals surface area contributed by atoms with Gasteiger partial charge in [0.2, 0.25) is 0 Å². The molecule has 0 spiro atoms. The zero-order valence-corrected chi connectivity index (χ0v) is 17.0. The first-order valence-electron chi connectivity index (χ1n) is 10.6. The lowest BCUT2D eigenvalue weighted by Gasteiger charge is -2.31. The van der Waals surface area contributed by atoms with Gasteiger partial charge in [-0.2, -0.15) is 0 Å². The number of rotatable bonds is 8. The minimum atomic E-state index is -0.202. The molecular weight excluding hydrogens is 377 g/mol. The summed E-state index contributed by atoms with van der Waals surface area (Å²) in [6.07, 6.45) is 2.00. The third-order valence-corrected chi connectivity index (χ3v) is 5.53. The van der Waals surface area contributed by atoms with Gasteiger partial charge in [0.25, 0.3) is 0 Å². The van der Waals surface area contributed by atoms with Crippen molar-refractivity contribution in [2.45, 2.75) is 37.6 Å². The van der Waals surface area contributed by atoms with Gasteiger partial charge in [-0.05, 0) is 41.7 Å². The Morgan fingerprint density at radius 3 is 2.07 bits per heavy atom. The Labute approximate surface area is 177 Å². The van der Waals surface area contributed by atoms with Gasteiger partial charge in [-0.3, -0.25) is 0 Å². The summed E-state index contributed by atoms with van der Waals surface area (Å²) in [7, 11) is 0. The molecule has 3 nitrogen and oxygen atoms in total. The van der Waals surface area contributed by atoms with E-state index < -0.39 is 0 Å². The van der Waals surface area contributed by atoms with Crippen molar-refractivity contribution in [3.8, 4) is 0 Å². The first-order chi connectivity index (χ1) is 14.8. The average molecular weight is 406 g/mol. The molecule has 156 valence electrons. The lowest BCUT2D eigenvalue weighted by atomic mass is 10.0. The van der Waals surface area contributed by atoms with Gasteiger partial charge in [0.1, 0.15) is 11.9 Å². The minimum Gasteiger partial charge on any atom is -0.374 e. The molecule has 1 aliphatic heterocycles. The van der Waals surface area contributed by atoms with Crippen LogP contribution in [0.25, 0.3) is 0 Å². The molecule has 0 radical (unpaired) electrons. The molecule has 3 aromatic carbocycles. The van der Waals surface area contributed by atoms with Crippen molar-refractivity contribution in [3.05, 3.63) is 107 Å². The molecule has 0 aliphatic carbocycles. The second kappa shape index (κ2) is 10.5. The van der Waals surface area contributed by atoms with Crippen LogP contribution >= 0.6 is 0 Å². The maximum absolute atomic E-state index is 13.0. The van der Waals surface area contributed by atoms with Crippen LogP contribution < -0.4 is 5.32 Å². The summed E-state index contributed by atoms with van der Waals surface area (Å²) in [5, 5.41) is 3.51. The van der Waals surface area contributed by atoms with Crippen molar-refractivity contribution in [2.24, 2.45) is 0 Å². The van der Waals surface area contributed by atoms with E-state index >= 15 is 0 Å². The maximum atomic E-state index is 13.0. The van der Waals surface area contributed by atoms with Gasteiger partial charge in [-0.25, -0.2) is 4.39 Å². The van der Waals surface area contributed by atoms with E-state index in [1.165, 1.54) is 12.1 Å². The number of benzene rings is 3. The van der Waals surface area contributed by atoms with E-state index in [9.17, 15) is 4.39 Å². The predicted molar refractivity (Wildman–Crippen MR) is 117 cm³/mol. The van der Waals surface area contributed by atoms with E-state index in [2.05, 4.69) is 29.6 Å². The van der Waals surface area contributed by atoms with Crippen molar-refractivity contribution < 1.29 is 13.9 Å². The van der Waals surface area contributed by atoms with E-state index in [1.807, 2.05) is 48.5 Å². The van der Waals surface area contributed by atoms with Crippen molar-refractivity contribution in [3.63, 3.8) is 0 Å². The SMILES string of the molecule is Fc1ccc(CNC2CCC(COC(c3ccccc3)c3ccccc3)OC2)cc1. The highest BCUT2D eigenvalue weighted by molar-refractivity contribution is 5.29. The standard InChI is InChI=1S/C26H28FNO2/c27-23-13-11-20(12-14-23)17-28-24-15-16-25(29-18-24)19-30-26(21-7-3-1-4-8-21)22-9-5-2-6-10-22/h1-14,24-26,28H,15-19H2. The predicted octanol–water partition coefficient (Wildman–Crippen LogP) is 5.27. The van der Waals surface area contributed by atoms with E-state index in [-0.39, 0.29) is 18.0 Å². The van der Waals surface area contributed by atoms with Crippen LogP contribution in [-0.2, 0) is 16.0 Å². The van der Waals surface area contributed by atoms with E-state index in [4.69, 9.17) is 9.47 Å². The van der Waals surface area contributed by atoms with Crippen LogP contribution in [0.2, 0.25) is 0 Å². The molecule has 1 aliphatic rings.